The van der Waals surface area contributed by atoms with Gasteiger partial charge >= 0.3 is 0 Å². The SMILES string of the molecule is Cc1ccc(O)c(CNCc2ccc(F)cc2)c1. The number of benzene rings is 2. The lowest BCUT2D eigenvalue weighted by Gasteiger charge is -2.08. The van der Waals surface area contributed by atoms with Crippen LogP contribution in [0.1, 0.15) is 16.7 Å². The van der Waals surface area contributed by atoms with Gasteiger partial charge in [0, 0.05) is 18.7 Å². The molecule has 0 amide bonds. The van der Waals surface area contributed by atoms with E-state index < -0.39 is 0 Å². The zero-order valence-electron chi connectivity index (χ0n) is 10.3. The summed E-state index contributed by atoms with van der Waals surface area (Å²) < 4.78 is 12.7. The van der Waals surface area contributed by atoms with Crippen molar-refractivity contribution >= 4 is 0 Å². The summed E-state index contributed by atoms with van der Waals surface area (Å²) in [5.74, 6) is 0.0716. The van der Waals surface area contributed by atoms with E-state index in [9.17, 15) is 9.50 Å². The van der Waals surface area contributed by atoms with E-state index in [1.807, 2.05) is 19.1 Å². The number of hydrogen-bond donors (Lipinski definition) is 2. The third kappa shape index (κ3) is 3.31. The molecule has 0 saturated carbocycles. The Morgan fingerprint density at radius 2 is 1.78 bits per heavy atom. The zero-order chi connectivity index (χ0) is 13.0. The Morgan fingerprint density at radius 1 is 1.06 bits per heavy atom. The summed E-state index contributed by atoms with van der Waals surface area (Å²) in [6, 6.07) is 11.9. The van der Waals surface area contributed by atoms with Crippen LogP contribution in [-0.4, -0.2) is 5.11 Å². The van der Waals surface area contributed by atoms with E-state index >= 15 is 0 Å². The topological polar surface area (TPSA) is 32.3 Å². The minimum Gasteiger partial charge on any atom is -0.508 e. The molecule has 0 radical (unpaired) electrons. The first-order valence-electron chi connectivity index (χ1n) is 5.89. The van der Waals surface area contributed by atoms with Crippen LogP contribution >= 0.6 is 0 Å². The Morgan fingerprint density at radius 3 is 2.50 bits per heavy atom. The molecule has 0 heterocycles. The third-order valence-corrected chi connectivity index (χ3v) is 2.79. The van der Waals surface area contributed by atoms with Crippen LogP contribution in [0.2, 0.25) is 0 Å². The molecule has 0 aromatic heterocycles. The molecule has 2 aromatic rings. The van der Waals surface area contributed by atoms with Crippen molar-refractivity contribution in [3.63, 3.8) is 0 Å². The standard InChI is InChI=1S/C15H16FNO/c1-11-2-7-15(18)13(8-11)10-17-9-12-3-5-14(16)6-4-12/h2-8,17-18H,9-10H2,1H3. The fourth-order valence-corrected chi connectivity index (χ4v) is 1.80. The number of phenolic OH excluding ortho intramolecular Hbond substituents is 1. The van der Waals surface area contributed by atoms with Gasteiger partial charge in [0.05, 0.1) is 0 Å². The number of nitrogens with one attached hydrogen (secondary N) is 1. The van der Waals surface area contributed by atoms with Gasteiger partial charge in [0.1, 0.15) is 11.6 Å². The molecule has 0 fully saturated rings. The van der Waals surface area contributed by atoms with Crippen LogP contribution in [0, 0.1) is 12.7 Å². The second kappa shape index (κ2) is 5.65. The quantitative estimate of drug-likeness (QED) is 0.867. The Bertz CT molecular complexity index is 523. The summed E-state index contributed by atoms with van der Waals surface area (Å²) in [4.78, 5) is 0. The molecule has 2 nitrogen and oxygen atoms in total. The van der Waals surface area contributed by atoms with E-state index in [0.29, 0.717) is 18.8 Å². The molecule has 94 valence electrons. The summed E-state index contributed by atoms with van der Waals surface area (Å²) in [6.07, 6.45) is 0. The molecular weight excluding hydrogens is 229 g/mol. The number of hydrogen-bond acceptors (Lipinski definition) is 2. The first kappa shape index (κ1) is 12.6. The lowest BCUT2D eigenvalue weighted by atomic mass is 10.1. The minimum absolute atomic E-state index is 0.227. The molecule has 0 atom stereocenters. The monoisotopic (exact) mass is 245 g/mol. The lowest BCUT2D eigenvalue weighted by molar-refractivity contribution is 0.464. The molecule has 0 bridgehead atoms. The maximum atomic E-state index is 12.7. The molecular formula is C15H16FNO. The minimum atomic E-state index is -0.227. The van der Waals surface area contributed by atoms with E-state index in [1.54, 1.807) is 18.2 Å². The summed E-state index contributed by atoms with van der Waals surface area (Å²) in [7, 11) is 0. The van der Waals surface area contributed by atoms with Gasteiger partial charge in [0.15, 0.2) is 0 Å². The van der Waals surface area contributed by atoms with Crippen molar-refractivity contribution in [2.45, 2.75) is 20.0 Å². The Kier molecular flexibility index (Phi) is 3.95. The number of rotatable bonds is 4. The van der Waals surface area contributed by atoms with Crippen molar-refractivity contribution in [1.29, 1.82) is 0 Å². The van der Waals surface area contributed by atoms with Crippen molar-refractivity contribution in [1.82, 2.24) is 5.32 Å². The van der Waals surface area contributed by atoms with Crippen LogP contribution < -0.4 is 5.32 Å². The Hall–Kier alpha value is -1.87. The smallest absolute Gasteiger partial charge is 0.123 e. The molecule has 3 heteroatoms. The highest BCUT2D eigenvalue weighted by Crippen LogP contribution is 2.17. The van der Waals surface area contributed by atoms with Gasteiger partial charge in [-0.2, -0.15) is 0 Å². The van der Waals surface area contributed by atoms with Gasteiger partial charge in [-0.1, -0.05) is 29.8 Å². The average Bonchev–Trinajstić information content (AvgIpc) is 2.36. The van der Waals surface area contributed by atoms with Crippen molar-refractivity contribution in [3.05, 3.63) is 65.0 Å². The van der Waals surface area contributed by atoms with Crippen LogP contribution in [0.3, 0.4) is 0 Å². The number of halogens is 1. The second-order valence-electron chi connectivity index (χ2n) is 4.36. The second-order valence-corrected chi connectivity index (χ2v) is 4.36. The lowest BCUT2D eigenvalue weighted by Crippen LogP contribution is -2.12. The molecule has 0 unspecified atom stereocenters. The first-order chi connectivity index (χ1) is 8.65. The van der Waals surface area contributed by atoms with E-state index in [1.165, 1.54) is 12.1 Å². The van der Waals surface area contributed by atoms with Crippen LogP contribution in [0.5, 0.6) is 5.75 Å². The van der Waals surface area contributed by atoms with E-state index in [0.717, 1.165) is 16.7 Å². The van der Waals surface area contributed by atoms with Gasteiger partial charge in [-0.25, -0.2) is 4.39 Å². The van der Waals surface area contributed by atoms with Crippen molar-refractivity contribution in [3.8, 4) is 5.75 Å². The molecule has 0 aliphatic carbocycles. The van der Waals surface area contributed by atoms with E-state index in [4.69, 9.17) is 0 Å². The Balaban J connectivity index is 1.92. The maximum Gasteiger partial charge on any atom is 0.123 e. The highest BCUT2D eigenvalue weighted by molar-refractivity contribution is 5.35. The highest BCUT2D eigenvalue weighted by Gasteiger charge is 2.01. The molecule has 0 aliphatic rings. The van der Waals surface area contributed by atoms with Crippen molar-refractivity contribution < 1.29 is 9.50 Å². The van der Waals surface area contributed by atoms with Crippen LogP contribution in [0.4, 0.5) is 4.39 Å². The maximum absolute atomic E-state index is 12.7. The van der Waals surface area contributed by atoms with E-state index in [2.05, 4.69) is 5.32 Å². The summed E-state index contributed by atoms with van der Waals surface area (Å²) >= 11 is 0. The fourth-order valence-electron chi connectivity index (χ4n) is 1.80. The van der Waals surface area contributed by atoms with Gasteiger partial charge in [0.2, 0.25) is 0 Å². The first-order valence-corrected chi connectivity index (χ1v) is 5.89. The summed E-state index contributed by atoms with van der Waals surface area (Å²) in [6.45, 7) is 3.22. The largest absolute Gasteiger partial charge is 0.508 e. The number of aromatic hydroxyl groups is 1. The summed E-state index contributed by atoms with van der Waals surface area (Å²) in [5, 5.41) is 12.9. The molecule has 0 saturated heterocycles. The Labute approximate surface area is 106 Å². The van der Waals surface area contributed by atoms with Crippen molar-refractivity contribution in [2.24, 2.45) is 0 Å². The molecule has 2 rings (SSSR count). The number of phenols is 1. The third-order valence-electron chi connectivity index (χ3n) is 2.79. The van der Waals surface area contributed by atoms with Gasteiger partial charge in [0.25, 0.3) is 0 Å². The normalized spacial score (nSPS) is 10.6. The summed E-state index contributed by atoms with van der Waals surface area (Å²) in [5.41, 5.74) is 3.01. The fraction of sp³-hybridized carbons (Fsp3) is 0.200. The van der Waals surface area contributed by atoms with Crippen LogP contribution in [0.25, 0.3) is 0 Å². The van der Waals surface area contributed by atoms with Crippen LogP contribution in [0.15, 0.2) is 42.5 Å². The zero-order valence-corrected chi connectivity index (χ0v) is 10.3. The van der Waals surface area contributed by atoms with Crippen molar-refractivity contribution in [2.75, 3.05) is 0 Å². The van der Waals surface area contributed by atoms with Gasteiger partial charge < -0.3 is 10.4 Å². The number of aryl methyl sites for hydroxylation is 1. The van der Waals surface area contributed by atoms with Crippen LogP contribution in [-0.2, 0) is 13.1 Å². The van der Waals surface area contributed by atoms with Gasteiger partial charge in [-0.3, -0.25) is 0 Å². The predicted octanol–water partition coefficient (Wildman–Crippen LogP) is 3.13. The highest BCUT2D eigenvalue weighted by atomic mass is 19.1. The van der Waals surface area contributed by atoms with Gasteiger partial charge in [-0.05, 0) is 30.7 Å². The predicted molar refractivity (Wildman–Crippen MR) is 69.8 cm³/mol. The molecule has 18 heavy (non-hydrogen) atoms. The van der Waals surface area contributed by atoms with E-state index in [-0.39, 0.29) is 5.82 Å². The molecule has 0 aliphatic heterocycles. The molecule has 2 aromatic carbocycles. The average molecular weight is 245 g/mol. The molecule has 0 spiro atoms. The molecule has 2 N–H and O–H groups in total. The van der Waals surface area contributed by atoms with Gasteiger partial charge in [-0.15, -0.1) is 0 Å².